The van der Waals surface area contributed by atoms with Gasteiger partial charge in [-0.2, -0.15) is 0 Å². The van der Waals surface area contributed by atoms with Crippen molar-refractivity contribution >= 4 is 20.9 Å². The predicted molar refractivity (Wildman–Crippen MR) is 126 cm³/mol. The second kappa shape index (κ2) is 14.4. The quantitative estimate of drug-likeness (QED) is 0.185. The minimum absolute atomic E-state index is 0.0926. The number of hydrogen-bond acceptors (Lipinski definition) is 7. The Kier molecular flexibility index (Phi) is 11.6. The molecule has 0 aliphatic rings. The topological polar surface area (TPSA) is 92.3 Å². The lowest BCUT2D eigenvalue weighted by atomic mass is 10.1. The van der Waals surface area contributed by atoms with Gasteiger partial charge in [0.15, 0.2) is 0 Å². The number of rotatable bonds is 14. The molecule has 0 radical (unpaired) electrons. The molecule has 0 atom stereocenters. The van der Waals surface area contributed by atoms with E-state index in [1.54, 1.807) is 48.5 Å². The van der Waals surface area contributed by atoms with Gasteiger partial charge < -0.3 is 28.1 Å². The van der Waals surface area contributed by atoms with E-state index in [4.69, 9.17) is 22.8 Å². The molecule has 0 aliphatic heterocycles. The molecule has 0 fully saturated rings. The van der Waals surface area contributed by atoms with E-state index in [0.29, 0.717) is 50.1 Å². The SMILES string of the molecule is CCO[Si](CCCNC(=O)OCc1ccc(C(=O)Oc2ccccc2)cc1)(OCC)OCC. The molecule has 0 saturated heterocycles. The summed E-state index contributed by atoms with van der Waals surface area (Å²) < 4.78 is 28.0. The van der Waals surface area contributed by atoms with Crippen LogP contribution in [0.15, 0.2) is 54.6 Å². The third-order valence-corrected chi connectivity index (χ3v) is 7.69. The Morgan fingerprint density at radius 3 is 2.03 bits per heavy atom. The number of amides is 1. The van der Waals surface area contributed by atoms with Crippen LogP contribution in [0.3, 0.4) is 0 Å². The minimum Gasteiger partial charge on any atom is -0.445 e. The summed E-state index contributed by atoms with van der Waals surface area (Å²) in [6, 6.07) is 16.2. The van der Waals surface area contributed by atoms with Crippen LogP contribution in [0.2, 0.25) is 6.04 Å². The Morgan fingerprint density at radius 2 is 1.45 bits per heavy atom. The van der Waals surface area contributed by atoms with E-state index in [2.05, 4.69) is 5.32 Å². The molecule has 180 valence electrons. The standard InChI is InChI=1S/C24H33NO7Si/c1-4-29-33(30-5-2,31-6-3)18-10-17-25-24(27)28-19-20-13-15-21(16-14-20)23(26)32-22-11-8-7-9-12-22/h7-9,11-16H,4-6,10,17-19H2,1-3H3,(H,25,27). The smallest absolute Gasteiger partial charge is 0.445 e. The van der Waals surface area contributed by atoms with Crippen molar-refractivity contribution in [2.75, 3.05) is 26.4 Å². The van der Waals surface area contributed by atoms with Gasteiger partial charge in [0.25, 0.3) is 0 Å². The van der Waals surface area contributed by atoms with Gasteiger partial charge in [0.05, 0.1) is 5.56 Å². The van der Waals surface area contributed by atoms with Gasteiger partial charge in [-0.15, -0.1) is 0 Å². The van der Waals surface area contributed by atoms with Gasteiger partial charge in [-0.3, -0.25) is 0 Å². The molecular formula is C24H33NO7Si. The Labute approximate surface area is 196 Å². The van der Waals surface area contributed by atoms with Gasteiger partial charge >= 0.3 is 20.9 Å². The summed E-state index contributed by atoms with van der Waals surface area (Å²) in [5, 5.41) is 2.73. The number of carbonyl (C=O) groups excluding carboxylic acids is 2. The fourth-order valence-corrected chi connectivity index (χ4v) is 5.70. The first-order valence-corrected chi connectivity index (χ1v) is 13.1. The van der Waals surface area contributed by atoms with E-state index in [1.165, 1.54) is 0 Å². The fourth-order valence-electron chi connectivity index (χ4n) is 3.09. The van der Waals surface area contributed by atoms with Gasteiger partial charge in [0.1, 0.15) is 12.4 Å². The van der Waals surface area contributed by atoms with Crippen LogP contribution in [0.1, 0.15) is 43.1 Å². The number of benzene rings is 2. The highest BCUT2D eigenvalue weighted by atomic mass is 28.4. The van der Waals surface area contributed by atoms with Crippen molar-refractivity contribution < 1.29 is 32.3 Å². The molecule has 8 nitrogen and oxygen atoms in total. The molecular weight excluding hydrogens is 442 g/mol. The number of esters is 1. The van der Waals surface area contributed by atoms with Crippen LogP contribution in [0.4, 0.5) is 4.79 Å². The van der Waals surface area contributed by atoms with E-state index in [1.807, 2.05) is 26.8 Å². The lowest BCUT2D eigenvalue weighted by Crippen LogP contribution is -2.46. The predicted octanol–water partition coefficient (Wildman–Crippen LogP) is 4.57. The van der Waals surface area contributed by atoms with Crippen molar-refractivity contribution in [1.82, 2.24) is 5.32 Å². The van der Waals surface area contributed by atoms with Crippen LogP contribution in [0, 0.1) is 0 Å². The van der Waals surface area contributed by atoms with Gasteiger partial charge in [-0.1, -0.05) is 30.3 Å². The Hall–Kier alpha value is -2.72. The molecule has 1 N–H and O–H groups in total. The molecule has 2 rings (SSSR count). The van der Waals surface area contributed by atoms with Crippen LogP contribution in [-0.2, 0) is 24.6 Å². The van der Waals surface area contributed by atoms with Crippen molar-refractivity contribution in [2.24, 2.45) is 0 Å². The van der Waals surface area contributed by atoms with Crippen molar-refractivity contribution in [1.29, 1.82) is 0 Å². The summed E-state index contributed by atoms with van der Waals surface area (Å²) >= 11 is 0. The summed E-state index contributed by atoms with van der Waals surface area (Å²) in [6.45, 7) is 7.80. The van der Waals surface area contributed by atoms with Crippen LogP contribution in [-0.4, -0.2) is 47.2 Å². The molecule has 0 spiro atoms. The molecule has 0 heterocycles. The molecule has 9 heteroatoms. The van der Waals surface area contributed by atoms with Crippen molar-refractivity contribution in [3.8, 4) is 5.75 Å². The average molecular weight is 476 g/mol. The lowest BCUT2D eigenvalue weighted by molar-refractivity contribution is 0.0704. The van der Waals surface area contributed by atoms with Crippen LogP contribution < -0.4 is 10.1 Å². The molecule has 33 heavy (non-hydrogen) atoms. The van der Waals surface area contributed by atoms with E-state index in [-0.39, 0.29) is 6.61 Å². The lowest BCUT2D eigenvalue weighted by Gasteiger charge is -2.28. The molecule has 0 unspecified atom stereocenters. The number of para-hydroxylation sites is 1. The summed E-state index contributed by atoms with van der Waals surface area (Å²) in [4.78, 5) is 24.2. The van der Waals surface area contributed by atoms with Gasteiger partial charge in [0.2, 0.25) is 0 Å². The van der Waals surface area contributed by atoms with Gasteiger partial charge in [-0.05, 0) is 57.0 Å². The van der Waals surface area contributed by atoms with E-state index < -0.39 is 20.9 Å². The van der Waals surface area contributed by atoms with E-state index in [0.717, 1.165) is 5.56 Å². The number of carbonyl (C=O) groups is 2. The second-order valence-corrected chi connectivity index (χ2v) is 9.72. The molecule has 0 saturated carbocycles. The van der Waals surface area contributed by atoms with Crippen LogP contribution >= 0.6 is 0 Å². The van der Waals surface area contributed by atoms with Crippen LogP contribution in [0.5, 0.6) is 5.75 Å². The van der Waals surface area contributed by atoms with Crippen molar-refractivity contribution in [3.63, 3.8) is 0 Å². The maximum atomic E-state index is 12.2. The van der Waals surface area contributed by atoms with Crippen molar-refractivity contribution in [3.05, 3.63) is 65.7 Å². The van der Waals surface area contributed by atoms with E-state index in [9.17, 15) is 9.59 Å². The molecule has 0 aliphatic carbocycles. The number of nitrogens with one attached hydrogen (secondary N) is 1. The maximum Gasteiger partial charge on any atom is 0.500 e. The van der Waals surface area contributed by atoms with E-state index >= 15 is 0 Å². The van der Waals surface area contributed by atoms with Gasteiger partial charge in [0, 0.05) is 32.4 Å². The summed E-state index contributed by atoms with van der Waals surface area (Å²) in [5.41, 5.74) is 1.18. The number of hydrogen-bond donors (Lipinski definition) is 1. The first kappa shape index (κ1) is 26.5. The highest BCUT2D eigenvalue weighted by Crippen LogP contribution is 2.18. The van der Waals surface area contributed by atoms with Crippen LogP contribution in [0.25, 0.3) is 0 Å². The van der Waals surface area contributed by atoms with Crippen molar-refractivity contribution in [2.45, 2.75) is 39.8 Å². The van der Waals surface area contributed by atoms with Gasteiger partial charge in [-0.25, -0.2) is 9.59 Å². The average Bonchev–Trinajstić information content (AvgIpc) is 2.82. The molecule has 0 aromatic heterocycles. The largest absolute Gasteiger partial charge is 0.500 e. The fraction of sp³-hybridized carbons (Fsp3) is 0.417. The summed E-state index contributed by atoms with van der Waals surface area (Å²) in [5.74, 6) is 0.0347. The minimum atomic E-state index is -2.71. The molecule has 2 aromatic carbocycles. The first-order valence-electron chi connectivity index (χ1n) is 11.2. The Morgan fingerprint density at radius 1 is 0.848 bits per heavy atom. The molecule has 2 aromatic rings. The second-order valence-electron chi connectivity index (χ2n) is 6.99. The Balaban J connectivity index is 1.73. The first-order chi connectivity index (χ1) is 16.0. The molecule has 1 amide bonds. The third kappa shape index (κ3) is 9.35. The summed E-state index contributed by atoms with van der Waals surface area (Å²) in [7, 11) is -2.71. The normalized spacial score (nSPS) is 11.1. The highest BCUT2D eigenvalue weighted by Gasteiger charge is 2.39. The maximum absolute atomic E-state index is 12.2. The highest BCUT2D eigenvalue weighted by molar-refractivity contribution is 6.60. The number of alkyl carbamates (subject to hydrolysis) is 1. The zero-order chi connectivity index (χ0) is 23.9. The zero-order valence-electron chi connectivity index (χ0n) is 19.5. The third-order valence-electron chi connectivity index (χ3n) is 4.54. The summed E-state index contributed by atoms with van der Waals surface area (Å²) in [6.07, 6.45) is 0.138. The zero-order valence-corrected chi connectivity index (χ0v) is 20.5. The monoisotopic (exact) mass is 475 g/mol. The molecule has 0 bridgehead atoms. The Bertz CT molecular complexity index is 829. The number of ether oxygens (including phenoxy) is 2.